The first kappa shape index (κ1) is 17.7. The molecule has 1 aliphatic heterocycles. The van der Waals surface area contributed by atoms with E-state index in [1.807, 2.05) is 0 Å². The van der Waals surface area contributed by atoms with Gasteiger partial charge in [0.2, 0.25) is 0 Å². The predicted octanol–water partition coefficient (Wildman–Crippen LogP) is 4.04. The van der Waals surface area contributed by atoms with Crippen molar-refractivity contribution in [3.8, 4) is 0 Å². The molecule has 0 bridgehead atoms. The largest absolute Gasteiger partial charge is 0.507 e. The minimum absolute atomic E-state index is 0.0257. The van der Waals surface area contributed by atoms with Crippen LogP contribution in [0.25, 0.3) is 5.76 Å². The van der Waals surface area contributed by atoms with E-state index in [1.165, 1.54) is 29.4 Å². The zero-order valence-electron chi connectivity index (χ0n) is 14.7. The molecule has 2 heterocycles. The highest BCUT2D eigenvalue weighted by Gasteiger charge is 2.47. The van der Waals surface area contributed by atoms with Gasteiger partial charge in [0.25, 0.3) is 11.7 Å². The van der Waals surface area contributed by atoms with Crippen molar-refractivity contribution in [1.29, 1.82) is 0 Å². The number of likely N-dealkylation sites (tertiary alicyclic amines) is 1. The Labute approximate surface area is 160 Å². The number of hydrogen-bond acceptors (Lipinski definition) is 4. The van der Waals surface area contributed by atoms with Gasteiger partial charge < -0.3 is 14.4 Å². The number of carbonyl (C=O) groups excluding carboxylic acids is 2. The van der Waals surface area contributed by atoms with Crippen LogP contribution in [0.2, 0.25) is 0 Å². The Bertz CT molecular complexity index is 1060. The Balaban J connectivity index is 1.90. The summed E-state index contributed by atoms with van der Waals surface area (Å²) < 4.78 is 19.9. The number of nitrogens with zero attached hydrogens (tertiary/aromatic N) is 1. The molecule has 1 N–H and O–H groups in total. The maximum absolute atomic E-state index is 14.6. The van der Waals surface area contributed by atoms with Gasteiger partial charge in [0.15, 0.2) is 0 Å². The van der Waals surface area contributed by atoms with E-state index in [0.29, 0.717) is 11.3 Å². The highest BCUT2D eigenvalue weighted by Crippen LogP contribution is 2.41. The van der Waals surface area contributed by atoms with Gasteiger partial charge in [0, 0.05) is 11.1 Å². The number of Topliss-reactive ketones (excluding diaryl/α,β-unsaturated/α-hetero) is 1. The molecule has 1 atom stereocenters. The molecule has 0 aliphatic carbocycles. The molecule has 0 spiro atoms. The van der Waals surface area contributed by atoms with Crippen molar-refractivity contribution in [3.63, 3.8) is 0 Å². The first-order chi connectivity index (χ1) is 13.6. The first-order valence-corrected chi connectivity index (χ1v) is 8.68. The summed E-state index contributed by atoms with van der Waals surface area (Å²) in [6, 6.07) is 16.6. The fourth-order valence-electron chi connectivity index (χ4n) is 3.39. The van der Waals surface area contributed by atoms with E-state index in [1.54, 1.807) is 48.5 Å². The number of carbonyl (C=O) groups is 2. The number of aliphatic hydroxyl groups is 1. The quantitative estimate of drug-likeness (QED) is 0.423. The molecule has 4 rings (SSSR count). The van der Waals surface area contributed by atoms with Crippen LogP contribution in [-0.2, 0) is 16.1 Å². The maximum Gasteiger partial charge on any atom is 0.296 e. The highest BCUT2D eigenvalue weighted by atomic mass is 19.1. The molecule has 1 aromatic heterocycles. The molecule has 0 saturated carbocycles. The van der Waals surface area contributed by atoms with E-state index < -0.39 is 23.5 Å². The number of amides is 1. The van der Waals surface area contributed by atoms with Crippen LogP contribution in [0, 0.1) is 5.82 Å². The van der Waals surface area contributed by atoms with Gasteiger partial charge in [-0.1, -0.05) is 48.5 Å². The lowest BCUT2D eigenvalue weighted by Crippen LogP contribution is -2.29. The van der Waals surface area contributed by atoms with E-state index in [4.69, 9.17) is 4.42 Å². The molecule has 6 heteroatoms. The van der Waals surface area contributed by atoms with Crippen molar-refractivity contribution in [3.05, 3.63) is 101 Å². The van der Waals surface area contributed by atoms with Gasteiger partial charge in [0.1, 0.15) is 17.3 Å². The van der Waals surface area contributed by atoms with Gasteiger partial charge >= 0.3 is 0 Å². The van der Waals surface area contributed by atoms with Crippen molar-refractivity contribution >= 4 is 17.4 Å². The fraction of sp³-hybridized carbons (Fsp3) is 0.0909. The zero-order chi connectivity index (χ0) is 19.7. The normalized spacial score (nSPS) is 18.6. The number of hydrogen-bond donors (Lipinski definition) is 1. The van der Waals surface area contributed by atoms with Gasteiger partial charge in [-0.2, -0.15) is 0 Å². The van der Waals surface area contributed by atoms with Crippen LogP contribution in [0.3, 0.4) is 0 Å². The molecule has 1 saturated heterocycles. The fourth-order valence-corrected chi connectivity index (χ4v) is 3.39. The lowest BCUT2D eigenvalue weighted by Gasteiger charge is -2.24. The Morgan fingerprint density at radius 2 is 1.71 bits per heavy atom. The number of furan rings is 1. The molecule has 1 unspecified atom stereocenters. The summed E-state index contributed by atoms with van der Waals surface area (Å²) in [5.74, 6) is -2.14. The third-order valence-corrected chi connectivity index (χ3v) is 4.69. The summed E-state index contributed by atoms with van der Waals surface area (Å²) in [4.78, 5) is 26.7. The van der Waals surface area contributed by atoms with Crippen LogP contribution in [0.4, 0.5) is 4.39 Å². The summed E-state index contributed by atoms with van der Waals surface area (Å²) in [7, 11) is 0. The molecule has 2 aromatic carbocycles. The van der Waals surface area contributed by atoms with Crippen LogP contribution in [0.15, 0.2) is 83.0 Å². The predicted molar refractivity (Wildman–Crippen MR) is 99.4 cm³/mol. The number of aliphatic hydroxyl groups excluding tert-OH is 1. The molecule has 28 heavy (non-hydrogen) atoms. The maximum atomic E-state index is 14.6. The van der Waals surface area contributed by atoms with E-state index in [2.05, 4.69) is 0 Å². The van der Waals surface area contributed by atoms with E-state index in [-0.39, 0.29) is 23.4 Å². The second kappa shape index (κ2) is 7.15. The SMILES string of the molecule is O=C1C(=O)N(Cc2ccco2)C(c2ccccc2F)C1=C(O)c1ccccc1. The zero-order valence-corrected chi connectivity index (χ0v) is 14.7. The average molecular weight is 377 g/mol. The molecule has 3 aromatic rings. The lowest BCUT2D eigenvalue weighted by atomic mass is 9.95. The van der Waals surface area contributed by atoms with Crippen LogP contribution in [-0.4, -0.2) is 21.7 Å². The smallest absolute Gasteiger partial charge is 0.296 e. The van der Waals surface area contributed by atoms with Gasteiger partial charge in [-0.05, 0) is 18.2 Å². The number of benzene rings is 2. The van der Waals surface area contributed by atoms with Gasteiger partial charge in [-0.25, -0.2) is 4.39 Å². The van der Waals surface area contributed by atoms with Crippen LogP contribution in [0.1, 0.15) is 22.9 Å². The van der Waals surface area contributed by atoms with E-state index >= 15 is 0 Å². The van der Waals surface area contributed by atoms with Crippen LogP contribution >= 0.6 is 0 Å². The molecule has 0 radical (unpaired) electrons. The third kappa shape index (κ3) is 2.99. The van der Waals surface area contributed by atoms with Crippen molar-refractivity contribution in [2.75, 3.05) is 0 Å². The summed E-state index contributed by atoms with van der Waals surface area (Å²) in [5, 5.41) is 10.8. The summed E-state index contributed by atoms with van der Waals surface area (Å²) in [6.07, 6.45) is 1.45. The van der Waals surface area contributed by atoms with Crippen molar-refractivity contribution in [2.45, 2.75) is 12.6 Å². The minimum atomic E-state index is -1.06. The minimum Gasteiger partial charge on any atom is -0.507 e. The van der Waals surface area contributed by atoms with E-state index in [0.717, 1.165) is 0 Å². The number of rotatable bonds is 4. The third-order valence-electron chi connectivity index (χ3n) is 4.69. The first-order valence-electron chi connectivity index (χ1n) is 8.68. The second-order valence-corrected chi connectivity index (χ2v) is 6.39. The summed E-state index contributed by atoms with van der Waals surface area (Å²) >= 11 is 0. The topological polar surface area (TPSA) is 70.8 Å². The summed E-state index contributed by atoms with van der Waals surface area (Å²) in [5.41, 5.74) is 0.360. The van der Waals surface area contributed by atoms with Crippen LogP contribution in [0.5, 0.6) is 0 Å². The average Bonchev–Trinajstić information content (AvgIpc) is 3.31. The van der Waals surface area contributed by atoms with Gasteiger partial charge in [-0.3, -0.25) is 9.59 Å². The Morgan fingerprint density at radius 3 is 2.39 bits per heavy atom. The highest BCUT2D eigenvalue weighted by molar-refractivity contribution is 6.46. The summed E-state index contributed by atoms with van der Waals surface area (Å²) in [6.45, 7) is -0.0257. The number of halogens is 1. The molecular formula is C22H16FNO4. The monoisotopic (exact) mass is 377 g/mol. The van der Waals surface area contributed by atoms with Gasteiger partial charge in [-0.15, -0.1) is 0 Å². The van der Waals surface area contributed by atoms with Crippen LogP contribution < -0.4 is 0 Å². The molecular weight excluding hydrogens is 361 g/mol. The Kier molecular flexibility index (Phi) is 4.53. The molecule has 1 aliphatic rings. The van der Waals surface area contributed by atoms with E-state index in [9.17, 15) is 19.1 Å². The molecule has 1 fully saturated rings. The Hall–Kier alpha value is -3.67. The Morgan fingerprint density at radius 1 is 1.00 bits per heavy atom. The lowest BCUT2D eigenvalue weighted by molar-refractivity contribution is -0.140. The van der Waals surface area contributed by atoms with Crippen molar-refractivity contribution in [1.82, 2.24) is 4.90 Å². The van der Waals surface area contributed by atoms with Crippen molar-refractivity contribution < 1.29 is 23.5 Å². The second-order valence-electron chi connectivity index (χ2n) is 6.39. The standard InChI is InChI=1S/C22H16FNO4/c23-17-11-5-4-10-16(17)19-18(20(25)14-7-2-1-3-8-14)21(26)22(27)24(19)13-15-9-6-12-28-15/h1-12,19,25H,13H2. The van der Waals surface area contributed by atoms with Crippen molar-refractivity contribution in [2.24, 2.45) is 0 Å². The molecule has 1 amide bonds. The van der Waals surface area contributed by atoms with Gasteiger partial charge in [0.05, 0.1) is 24.4 Å². The molecule has 5 nitrogen and oxygen atoms in total. The molecule has 140 valence electrons. The number of ketones is 1.